The Bertz CT molecular complexity index is 367. The molecular formula is C6H4N2OS. The van der Waals surface area contributed by atoms with Crippen LogP contribution >= 0.6 is 12.2 Å². The first kappa shape index (κ1) is 5.61. The maximum Gasteiger partial charge on any atom is 0.266 e. The molecule has 4 heteroatoms. The average Bonchev–Trinajstić information content (AvgIpc) is 2.27. The first-order chi connectivity index (χ1) is 4.86. The van der Waals surface area contributed by atoms with E-state index in [2.05, 4.69) is 9.97 Å². The molecule has 2 aromatic heterocycles. The standard InChI is InChI=1S/C6H4N2OS/c10-6-8-4-3-7-2-1-5(4)9-6/h1-3H,(H,8,10). The number of aromatic amines is 1. The van der Waals surface area contributed by atoms with Gasteiger partial charge in [-0.3, -0.25) is 4.98 Å². The summed E-state index contributed by atoms with van der Waals surface area (Å²) in [5.74, 6) is 0. The first-order valence-electron chi connectivity index (χ1n) is 2.79. The summed E-state index contributed by atoms with van der Waals surface area (Å²) in [5.41, 5.74) is 1.59. The largest absolute Gasteiger partial charge is 0.429 e. The molecule has 50 valence electrons. The Morgan fingerprint density at radius 1 is 1.60 bits per heavy atom. The van der Waals surface area contributed by atoms with Crippen molar-refractivity contribution in [1.29, 1.82) is 0 Å². The molecule has 0 saturated carbocycles. The normalized spacial score (nSPS) is 10.4. The third-order valence-electron chi connectivity index (χ3n) is 1.22. The summed E-state index contributed by atoms with van der Waals surface area (Å²) < 4.78 is 5.09. The Morgan fingerprint density at radius 2 is 2.50 bits per heavy atom. The van der Waals surface area contributed by atoms with Gasteiger partial charge in [-0.2, -0.15) is 0 Å². The minimum absolute atomic E-state index is 0.392. The highest BCUT2D eigenvalue weighted by molar-refractivity contribution is 7.71. The number of hydrogen-bond acceptors (Lipinski definition) is 3. The number of pyridine rings is 1. The second-order valence-corrected chi connectivity index (χ2v) is 2.26. The Kier molecular flexibility index (Phi) is 1.07. The van der Waals surface area contributed by atoms with Crippen LogP contribution in [0.15, 0.2) is 22.9 Å². The van der Waals surface area contributed by atoms with Gasteiger partial charge in [-0.15, -0.1) is 0 Å². The van der Waals surface area contributed by atoms with Crippen LogP contribution < -0.4 is 0 Å². The maximum atomic E-state index is 5.09. The van der Waals surface area contributed by atoms with Gasteiger partial charge in [-0.25, -0.2) is 0 Å². The van der Waals surface area contributed by atoms with Crippen molar-refractivity contribution in [3.8, 4) is 0 Å². The number of aromatic nitrogens is 2. The van der Waals surface area contributed by atoms with Crippen molar-refractivity contribution < 1.29 is 4.42 Å². The van der Waals surface area contributed by atoms with E-state index in [1.54, 1.807) is 18.5 Å². The lowest BCUT2D eigenvalue weighted by Crippen LogP contribution is -1.68. The number of rotatable bonds is 0. The molecule has 0 aromatic carbocycles. The molecule has 2 rings (SSSR count). The molecule has 0 saturated heterocycles. The number of nitrogens with zero attached hydrogens (tertiary/aromatic N) is 1. The van der Waals surface area contributed by atoms with Crippen molar-refractivity contribution in [2.24, 2.45) is 0 Å². The molecule has 0 unspecified atom stereocenters. The lowest BCUT2D eigenvalue weighted by atomic mass is 10.4. The van der Waals surface area contributed by atoms with Gasteiger partial charge in [0.15, 0.2) is 5.58 Å². The van der Waals surface area contributed by atoms with Crippen molar-refractivity contribution in [3.05, 3.63) is 23.3 Å². The maximum absolute atomic E-state index is 5.09. The molecule has 0 fully saturated rings. The van der Waals surface area contributed by atoms with Crippen LogP contribution in [0.4, 0.5) is 0 Å². The third kappa shape index (κ3) is 0.733. The van der Waals surface area contributed by atoms with Gasteiger partial charge >= 0.3 is 0 Å². The highest BCUT2D eigenvalue weighted by atomic mass is 32.1. The molecule has 2 aromatic rings. The molecule has 0 atom stereocenters. The summed E-state index contributed by atoms with van der Waals surface area (Å²) in [7, 11) is 0. The average molecular weight is 152 g/mol. The Balaban J connectivity index is 3.01. The number of fused-ring (bicyclic) bond motifs is 1. The zero-order valence-corrected chi connectivity index (χ0v) is 5.81. The minimum Gasteiger partial charge on any atom is -0.429 e. The van der Waals surface area contributed by atoms with E-state index in [1.165, 1.54) is 0 Å². The van der Waals surface area contributed by atoms with E-state index in [0.29, 0.717) is 4.84 Å². The van der Waals surface area contributed by atoms with Crippen LogP contribution in [0.5, 0.6) is 0 Å². The van der Waals surface area contributed by atoms with Crippen LogP contribution in [0.1, 0.15) is 0 Å². The second kappa shape index (κ2) is 1.91. The third-order valence-corrected chi connectivity index (χ3v) is 1.41. The fourth-order valence-electron chi connectivity index (χ4n) is 0.800. The molecule has 0 amide bonds. The molecule has 0 aliphatic rings. The van der Waals surface area contributed by atoms with Crippen LogP contribution in [0.2, 0.25) is 0 Å². The van der Waals surface area contributed by atoms with Crippen molar-refractivity contribution in [2.45, 2.75) is 0 Å². The summed E-state index contributed by atoms with van der Waals surface area (Å²) in [6, 6.07) is 1.77. The van der Waals surface area contributed by atoms with Crippen molar-refractivity contribution in [1.82, 2.24) is 9.97 Å². The highest BCUT2D eigenvalue weighted by Crippen LogP contribution is 2.09. The summed E-state index contributed by atoms with van der Waals surface area (Å²) in [6.45, 7) is 0. The zero-order chi connectivity index (χ0) is 6.97. The van der Waals surface area contributed by atoms with Crippen LogP contribution in [0.25, 0.3) is 11.1 Å². The van der Waals surface area contributed by atoms with Crippen LogP contribution in [0.3, 0.4) is 0 Å². The van der Waals surface area contributed by atoms with Gasteiger partial charge in [0.05, 0.1) is 6.20 Å². The molecule has 0 spiro atoms. The molecule has 10 heavy (non-hydrogen) atoms. The van der Waals surface area contributed by atoms with Gasteiger partial charge in [0.2, 0.25) is 0 Å². The van der Waals surface area contributed by atoms with Crippen LogP contribution in [-0.2, 0) is 0 Å². The van der Waals surface area contributed by atoms with Crippen molar-refractivity contribution >= 4 is 23.3 Å². The summed E-state index contributed by atoms with van der Waals surface area (Å²) >= 11 is 4.76. The van der Waals surface area contributed by atoms with Crippen LogP contribution in [-0.4, -0.2) is 9.97 Å². The fraction of sp³-hybridized carbons (Fsp3) is 0. The van der Waals surface area contributed by atoms with E-state index < -0.39 is 0 Å². The lowest BCUT2D eigenvalue weighted by molar-refractivity contribution is 0.583. The molecule has 0 bridgehead atoms. The predicted molar refractivity (Wildman–Crippen MR) is 39.2 cm³/mol. The van der Waals surface area contributed by atoms with Gasteiger partial charge in [0, 0.05) is 12.3 Å². The van der Waals surface area contributed by atoms with Gasteiger partial charge in [-0.05, 0) is 12.2 Å². The number of hydrogen-bond donors (Lipinski definition) is 1. The predicted octanol–water partition coefficient (Wildman–Crippen LogP) is 1.89. The summed E-state index contributed by atoms with van der Waals surface area (Å²) in [4.78, 5) is 7.12. The molecular weight excluding hydrogens is 148 g/mol. The SMILES string of the molecule is S=c1[nH]c2cnccc2o1. The smallest absolute Gasteiger partial charge is 0.266 e. The van der Waals surface area contributed by atoms with E-state index in [-0.39, 0.29) is 0 Å². The molecule has 2 heterocycles. The van der Waals surface area contributed by atoms with Gasteiger partial charge in [0.25, 0.3) is 4.84 Å². The molecule has 0 aliphatic heterocycles. The van der Waals surface area contributed by atoms with E-state index >= 15 is 0 Å². The van der Waals surface area contributed by atoms with Gasteiger partial charge in [-0.1, -0.05) is 0 Å². The monoisotopic (exact) mass is 152 g/mol. The quantitative estimate of drug-likeness (QED) is 0.586. The Labute approximate surface area is 61.7 Å². The Hall–Kier alpha value is -1.16. The van der Waals surface area contributed by atoms with Crippen molar-refractivity contribution in [3.63, 3.8) is 0 Å². The number of oxazole rings is 1. The van der Waals surface area contributed by atoms with Crippen LogP contribution in [0, 0.1) is 4.84 Å². The zero-order valence-electron chi connectivity index (χ0n) is 5.00. The van der Waals surface area contributed by atoms with E-state index in [4.69, 9.17) is 16.6 Å². The number of nitrogens with one attached hydrogen (secondary N) is 1. The molecule has 1 N–H and O–H groups in total. The van der Waals surface area contributed by atoms with Gasteiger partial charge in [0.1, 0.15) is 5.52 Å². The van der Waals surface area contributed by atoms with E-state index in [0.717, 1.165) is 11.1 Å². The van der Waals surface area contributed by atoms with E-state index in [9.17, 15) is 0 Å². The summed E-state index contributed by atoms with van der Waals surface area (Å²) in [6.07, 6.45) is 3.34. The highest BCUT2D eigenvalue weighted by Gasteiger charge is 1.94. The Morgan fingerprint density at radius 3 is 3.30 bits per heavy atom. The minimum atomic E-state index is 0.392. The van der Waals surface area contributed by atoms with Gasteiger partial charge < -0.3 is 9.40 Å². The number of H-pyrrole nitrogens is 1. The fourth-order valence-corrected chi connectivity index (χ4v) is 1.000. The lowest BCUT2D eigenvalue weighted by Gasteiger charge is -1.79. The van der Waals surface area contributed by atoms with Crippen molar-refractivity contribution in [2.75, 3.05) is 0 Å². The summed E-state index contributed by atoms with van der Waals surface area (Å²) in [5, 5.41) is 0. The van der Waals surface area contributed by atoms with E-state index in [1.807, 2.05) is 0 Å². The molecule has 3 nitrogen and oxygen atoms in total. The first-order valence-corrected chi connectivity index (χ1v) is 3.20. The molecule has 0 radical (unpaired) electrons. The second-order valence-electron chi connectivity index (χ2n) is 1.89. The molecule has 0 aliphatic carbocycles. The topological polar surface area (TPSA) is 41.8 Å².